The van der Waals surface area contributed by atoms with Crippen LogP contribution in [-0.4, -0.2) is 6.61 Å². The average Bonchev–Trinajstić information content (AvgIpc) is 1.96. The summed E-state index contributed by atoms with van der Waals surface area (Å²) in [6.45, 7) is 4.64. The van der Waals surface area contributed by atoms with Gasteiger partial charge in [0.05, 0.1) is 6.61 Å². The lowest BCUT2D eigenvalue weighted by Gasteiger charge is -2.02. The Kier molecular flexibility index (Phi) is 8.03. The topological polar surface area (TPSA) is 19.9 Å². The molecule has 0 fully saturated rings. The van der Waals surface area contributed by atoms with Crippen LogP contribution in [0, 0.1) is 5.92 Å². The molecule has 0 saturated heterocycles. The van der Waals surface area contributed by atoms with Gasteiger partial charge in [-0.3, -0.25) is 0 Å². The Balaban J connectivity index is 2.80. The van der Waals surface area contributed by atoms with E-state index in [0.29, 0.717) is 0 Å². The van der Waals surface area contributed by atoms with Gasteiger partial charge in [0.25, 0.3) is 0 Å². The molecule has 11 heavy (non-hydrogen) atoms. The zero-order chi connectivity index (χ0) is 8.53. The second kappa shape index (κ2) is 8.06. The standard InChI is InChI=1S/C10H21O/c1-10(2)8-6-4-3-5-7-9-11/h10H,3-9H2,1-2H3. The van der Waals surface area contributed by atoms with E-state index in [1.54, 1.807) is 0 Å². The molecule has 0 aliphatic carbocycles. The van der Waals surface area contributed by atoms with E-state index < -0.39 is 0 Å². The summed E-state index contributed by atoms with van der Waals surface area (Å²) < 4.78 is 0. The molecule has 1 radical (unpaired) electrons. The lowest BCUT2D eigenvalue weighted by atomic mass is 10.0. The van der Waals surface area contributed by atoms with Gasteiger partial charge in [-0.25, -0.2) is 5.11 Å². The maximum absolute atomic E-state index is 10.1. The van der Waals surface area contributed by atoms with E-state index in [9.17, 15) is 5.11 Å². The SMILES string of the molecule is CC(C)CCCCCCC[O]. The minimum atomic E-state index is 0.115. The van der Waals surface area contributed by atoms with Gasteiger partial charge in [0.2, 0.25) is 0 Å². The Bertz CT molecular complexity index is 69.3. The minimum absolute atomic E-state index is 0.115. The van der Waals surface area contributed by atoms with E-state index in [1.807, 2.05) is 0 Å². The van der Waals surface area contributed by atoms with Crippen LogP contribution in [0.25, 0.3) is 0 Å². The molecule has 67 valence electrons. The summed E-state index contributed by atoms with van der Waals surface area (Å²) in [6.07, 6.45) is 7.28. The summed E-state index contributed by atoms with van der Waals surface area (Å²) in [5, 5.41) is 10.1. The Hall–Kier alpha value is -0.0400. The van der Waals surface area contributed by atoms with Gasteiger partial charge in [-0.1, -0.05) is 46.0 Å². The van der Waals surface area contributed by atoms with Gasteiger partial charge in [-0.2, -0.15) is 0 Å². The van der Waals surface area contributed by atoms with E-state index in [1.165, 1.54) is 25.7 Å². The van der Waals surface area contributed by atoms with E-state index in [0.717, 1.165) is 18.8 Å². The zero-order valence-corrected chi connectivity index (χ0v) is 7.94. The van der Waals surface area contributed by atoms with Crippen LogP contribution in [0.15, 0.2) is 0 Å². The maximum atomic E-state index is 10.1. The van der Waals surface area contributed by atoms with Crippen molar-refractivity contribution in [2.24, 2.45) is 5.92 Å². The van der Waals surface area contributed by atoms with Crippen molar-refractivity contribution < 1.29 is 5.11 Å². The summed E-state index contributed by atoms with van der Waals surface area (Å²) in [6, 6.07) is 0. The van der Waals surface area contributed by atoms with Crippen LogP contribution in [0.5, 0.6) is 0 Å². The van der Waals surface area contributed by atoms with Crippen LogP contribution >= 0.6 is 0 Å². The van der Waals surface area contributed by atoms with Crippen LogP contribution in [0.4, 0.5) is 0 Å². The highest BCUT2D eigenvalue weighted by Crippen LogP contribution is 2.09. The zero-order valence-electron chi connectivity index (χ0n) is 7.94. The highest BCUT2D eigenvalue weighted by atomic mass is 16.2. The van der Waals surface area contributed by atoms with Crippen molar-refractivity contribution in [1.82, 2.24) is 0 Å². The molecule has 0 spiro atoms. The molecule has 0 rings (SSSR count). The Morgan fingerprint density at radius 1 is 0.909 bits per heavy atom. The van der Waals surface area contributed by atoms with Crippen molar-refractivity contribution in [1.29, 1.82) is 0 Å². The predicted octanol–water partition coefficient (Wildman–Crippen LogP) is 3.41. The van der Waals surface area contributed by atoms with E-state index in [-0.39, 0.29) is 6.61 Å². The van der Waals surface area contributed by atoms with E-state index in [2.05, 4.69) is 13.8 Å². The Labute approximate surface area is 70.8 Å². The first-order chi connectivity index (χ1) is 5.27. The predicted molar refractivity (Wildman–Crippen MR) is 48.1 cm³/mol. The van der Waals surface area contributed by atoms with E-state index >= 15 is 0 Å². The van der Waals surface area contributed by atoms with Gasteiger partial charge in [0.15, 0.2) is 0 Å². The summed E-state index contributed by atoms with van der Waals surface area (Å²) in [5.41, 5.74) is 0. The highest BCUT2D eigenvalue weighted by Gasteiger charge is 1.93. The van der Waals surface area contributed by atoms with Crippen molar-refractivity contribution in [3.63, 3.8) is 0 Å². The first kappa shape index (κ1) is 11.0. The third-order valence-electron chi connectivity index (χ3n) is 1.93. The normalized spacial score (nSPS) is 10.9. The highest BCUT2D eigenvalue weighted by molar-refractivity contribution is 4.47. The lowest BCUT2D eigenvalue weighted by Crippen LogP contribution is -1.87. The lowest BCUT2D eigenvalue weighted by molar-refractivity contribution is 0.185. The smallest absolute Gasteiger partial charge is 0.0822 e. The fourth-order valence-electron chi connectivity index (χ4n) is 1.18. The molecule has 0 aromatic heterocycles. The van der Waals surface area contributed by atoms with Crippen molar-refractivity contribution >= 4 is 0 Å². The summed E-state index contributed by atoms with van der Waals surface area (Å²) in [4.78, 5) is 0. The number of hydrogen-bond acceptors (Lipinski definition) is 0. The molecule has 1 nitrogen and oxygen atoms in total. The van der Waals surface area contributed by atoms with Crippen molar-refractivity contribution in [2.45, 2.75) is 52.4 Å². The maximum Gasteiger partial charge on any atom is 0.0822 e. The van der Waals surface area contributed by atoms with Crippen molar-refractivity contribution in [3.8, 4) is 0 Å². The van der Waals surface area contributed by atoms with Crippen molar-refractivity contribution in [2.75, 3.05) is 6.61 Å². The molecule has 0 atom stereocenters. The minimum Gasteiger partial charge on any atom is -0.237 e. The van der Waals surface area contributed by atoms with Gasteiger partial charge in [0, 0.05) is 0 Å². The van der Waals surface area contributed by atoms with Gasteiger partial charge in [-0.15, -0.1) is 0 Å². The second-order valence-corrected chi connectivity index (χ2v) is 3.65. The van der Waals surface area contributed by atoms with Crippen LogP contribution in [-0.2, 0) is 5.11 Å². The van der Waals surface area contributed by atoms with Crippen LogP contribution in [0.1, 0.15) is 52.4 Å². The second-order valence-electron chi connectivity index (χ2n) is 3.65. The third kappa shape index (κ3) is 9.96. The monoisotopic (exact) mass is 157 g/mol. The molecule has 0 N–H and O–H groups in total. The van der Waals surface area contributed by atoms with Crippen molar-refractivity contribution in [3.05, 3.63) is 0 Å². The van der Waals surface area contributed by atoms with Gasteiger partial charge >= 0.3 is 0 Å². The molecule has 0 aliphatic heterocycles. The molecular formula is C10H21O. The van der Waals surface area contributed by atoms with Crippen LogP contribution in [0.3, 0.4) is 0 Å². The Morgan fingerprint density at radius 3 is 2.00 bits per heavy atom. The quantitative estimate of drug-likeness (QED) is 0.505. The van der Waals surface area contributed by atoms with Crippen LogP contribution in [0.2, 0.25) is 0 Å². The molecule has 0 bridgehead atoms. The largest absolute Gasteiger partial charge is 0.237 e. The third-order valence-corrected chi connectivity index (χ3v) is 1.93. The fraction of sp³-hybridized carbons (Fsp3) is 1.00. The average molecular weight is 157 g/mol. The van der Waals surface area contributed by atoms with Crippen LogP contribution < -0.4 is 0 Å². The molecule has 0 aliphatic rings. The molecule has 0 heterocycles. The van der Waals surface area contributed by atoms with Gasteiger partial charge in [-0.05, 0) is 12.3 Å². The number of hydrogen-bond donors (Lipinski definition) is 0. The molecule has 0 saturated carbocycles. The molecule has 1 heteroatoms. The molecule has 0 unspecified atom stereocenters. The number of rotatable bonds is 7. The fourth-order valence-corrected chi connectivity index (χ4v) is 1.18. The molecular weight excluding hydrogens is 136 g/mol. The van der Waals surface area contributed by atoms with Gasteiger partial charge < -0.3 is 0 Å². The summed E-state index contributed by atoms with van der Waals surface area (Å²) in [7, 11) is 0. The van der Waals surface area contributed by atoms with E-state index in [4.69, 9.17) is 0 Å². The molecule has 0 aromatic carbocycles. The summed E-state index contributed by atoms with van der Waals surface area (Å²) in [5.74, 6) is 0.842. The molecule has 0 amide bonds. The first-order valence-electron chi connectivity index (χ1n) is 4.85. The number of unbranched alkanes of at least 4 members (excludes halogenated alkanes) is 4. The first-order valence-corrected chi connectivity index (χ1v) is 4.85. The van der Waals surface area contributed by atoms with Gasteiger partial charge in [0.1, 0.15) is 0 Å². The Morgan fingerprint density at radius 2 is 1.45 bits per heavy atom. The summed E-state index contributed by atoms with van der Waals surface area (Å²) >= 11 is 0. The molecule has 0 aromatic rings.